The Morgan fingerprint density at radius 2 is 1.88 bits per heavy atom. The van der Waals surface area contributed by atoms with E-state index < -0.39 is 0 Å². The Hall–Kier alpha value is -0.520. The standard InChI is InChI=1S/C25H46/c1-7-8-9-10-11-14-21(2)15-12-16-22(3)18-19-24-23(4)17-13-20-25(24,5)6/h7-8,21,23-24H,3,9-20H2,1-2,4-6H3/b8-7-/t21-,23-,24+/m1/s1. The Morgan fingerprint density at radius 1 is 1.16 bits per heavy atom. The lowest BCUT2D eigenvalue weighted by Gasteiger charge is -2.43. The Kier molecular flexibility index (Phi) is 10.8. The highest BCUT2D eigenvalue weighted by Crippen LogP contribution is 2.46. The van der Waals surface area contributed by atoms with E-state index in [-0.39, 0.29) is 0 Å². The van der Waals surface area contributed by atoms with E-state index >= 15 is 0 Å². The number of unbranched alkanes of at least 4 members (excludes halogenated alkanes) is 2. The minimum absolute atomic E-state index is 0.541. The van der Waals surface area contributed by atoms with Gasteiger partial charge in [0.2, 0.25) is 0 Å². The van der Waals surface area contributed by atoms with Crippen LogP contribution in [0.5, 0.6) is 0 Å². The van der Waals surface area contributed by atoms with Gasteiger partial charge in [0, 0.05) is 0 Å². The topological polar surface area (TPSA) is 0 Å². The van der Waals surface area contributed by atoms with Gasteiger partial charge in [-0.3, -0.25) is 0 Å². The molecule has 0 aromatic carbocycles. The maximum Gasteiger partial charge on any atom is -0.0320 e. The lowest BCUT2D eigenvalue weighted by molar-refractivity contribution is 0.0765. The molecule has 0 amide bonds. The van der Waals surface area contributed by atoms with Gasteiger partial charge in [0.1, 0.15) is 0 Å². The molecule has 0 aromatic heterocycles. The van der Waals surface area contributed by atoms with Crippen molar-refractivity contribution in [2.75, 3.05) is 0 Å². The summed E-state index contributed by atoms with van der Waals surface area (Å²) in [5, 5.41) is 0. The summed E-state index contributed by atoms with van der Waals surface area (Å²) in [7, 11) is 0. The van der Waals surface area contributed by atoms with Gasteiger partial charge in [-0.15, -0.1) is 0 Å². The van der Waals surface area contributed by atoms with Crippen LogP contribution in [0, 0.1) is 23.2 Å². The Morgan fingerprint density at radius 3 is 2.56 bits per heavy atom. The van der Waals surface area contributed by atoms with Crippen LogP contribution in [0.2, 0.25) is 0 Å². The van der Waals surface area contributed by atoms with E-state index in [2.05, 4.69) is 53.3 Å². The van der Waals surface area contributed by atoms with Crippen molar-refractivity contribution in [2.45, 2.75) is 112 Å². The van der Waals surface area contributed by atoms with Gasteiger partial charge in [0.15, 0.2) is 0 Å². The van der Waals surface area contributed by atoms with Gasteiger partial charge in [-0.05, 0) is 75.0 Å². The van der Waals surface area contributed by atoms with Crippen molar-refractivity contribution < 1.29 is 0 Å². The molecule has 0 heterocycles. The molecule has 1 fully saturated rings. The summed E-state index contributed by atoms with van der Waals surface area (Å²) in [5.74, 6) is 2.68. The Bertz CT molecular complexity index is 387. The van der Waals surface area contributed by atoms with E-state index in [1.54, 1.807) is 0 Å². The fourth-order valence-electron chi connectivity index (χ4n) is 4.96. The molecule has 3 atom stereocenters. The first-order valence-corrected chi connectivity index (χ1v) is 11.1. The van der Waals surface area contributed by atoms with Crippen molar-refractivity contribution in [2.24, 2.45) is 23.2 Å². The molecule has 25 heavy (non-hydrogen) atoms. The molecule has 0 N–H and O–H groups in total. The van der Waals surface area contributed by atoms with Crippen molar-refractivity contribution in [1.82, 2.24) is 0 Å². The van der Waals surface area contributed by atoms with E-state index in [0.29, 0.717) is 5.41 Å². The van der Waals surface area contributed by atoms with Crippen molar-refractivity contribution in [1.29, 1.82) is 0 Å². The van der Waals surface area contributed by atoms with E-state index in [0.717, 1.165) is 17.8 Å². The average Bonchev–Trinajstić information content (AvgIpc) is 2.53. The summed E-state index contributed by atoms with van der Waals surface area (Å²) in [6, 6.07) is 0. The van der Waals surface area contributed by atoms with Crippen LogP contribution in [0.3, 0.4) is 0 Å². The zero-order valence-electron chi connectivity index (χ0n) is 18.1. The minimum atomic E-state index is 0.541. The number of hydrogen-bond acceptors (Lipinski definition) is 0. The number of rotatable bonds is 12. The predicted octanol–water partition coefficient (Wildman–Crippen LogP) is 8.73. The molecule has 146 valence electrons. The lowest BCUT2D eigenvalue weighted by Crippen LogP contribution is -2.33. The fourth-order valence-corrected chi connectivity index (χ4v) is 4.96. The molecule has 1 aliphatic rings. The van der Waals surface area contributed by atoms with Crippen molar-refractivity contribution in [3.63, 3.8) is 0 Å². The molecule has 1 saturated carbocycles. The summed E-state index contributed by atoms with van der Waals surface area (Å²) in [6.07, 6.45) is 20.8. The van der Waals surface area contributed by atoms with Crippen molar-refractivity contribution in [3.8, 4) is 0 Å². The fraction of sp³-hybridized carbons (Fsp3) is 0.840. The van der Waals surface area contributed by atoms with E-state index in [1.807, 2.05) is 0 Å². The molecular formula is C25H46. The molecule has 1 rings (SSSR count). The second-order valence-corrected chi connectivity index (χ2v) is 9.60. The van der Waals surface area contributed by atoms with Gasteiger partial charge in [0.05, 0.1) is 0 Å². The Balaban J connectivity index is 2.14. The SMILES string of the molecule is C=C(CCC[C@H](C)CCCC/C=C\C)CC[C@H]1[C@H](C)CCCC1(C)C. The first-order valence-electron chi connectivity index (χ1n) is 11.1. The summed E-state index contributed by atoms with van der Waals surface area (Å²) in [4.78, 5) is 0. The van der Waals surface area contributed by atoms with Gasteiger partial charge < -0.3 is 0 Å². The molecule has 0 aliphatic heterocycles. The molecule has 0 nitrogen and oxygen atoms in total. The average molecular weight is 347 g/mol. The van der Waals surface area contributed by atoms with Crippen LogP contribution in [0.15, 0.2) is 24.3 Å². The van der Waals surface area contributed by atoms with Gasteiger partial charge in [-0.1, -0.05) is 84.1 Å². The summed E-state index contributed by atoms with van der Waals surface area (Å²) >= 11 is 0. The molecular weight excluding hydrogens is 300 g/mol. The van der Waals surface area contributed by atoms with Crippen LogP contribution >= 0.6 is 0 Å². The van der Waals surface area contributed by atoms with Crippen LogP contribution in [0.25, 0.3) is 0 Å². The molecule has 0 radical (unpaired) electrons. The highest BCUT2D eigenvalue weighted by Gasteiger charge is 2.36. The van der Waals surface area contributed by atoms with E-state index in [9.17, 15) is 0 Å². The molecule has 1 aliphatic carbocycles. The number of hydrogen-bond donors (Lipinski definition) is 0. The van der Waals surface area contributed by atoms with Gasteiger partial charge in [0.25, 0.3) is 0 Å². The van der Waals surface area contributed by atoms with Gasteiger partial charge >= 0.3 is 0 Å². The van der Waals surface area contributed by atoms with E-state index in [4.69, 9.17) is 0 Å². The Labute approximate surface area is 159 Å². The molecule has 0 aromatic rings. The zero-order valence-corrected chi connectivity index (χ0v) is 18.1. The first kappa shape index (κ1) is 22.5. The summed E-state index contributed by atoms with van der Waals surface area (Å²) in [6.45, 7) is 16.4. The van der Waals surface area contributed by atoms with Crippen molar-refractivity contribution >= 4 is 0 Å². The minimum Gasteiger partial charge on any atom is -0.0999 e. The molecule has 0 spiro atoms. The molecule has 0 unspecified atom stereocenters. The maximum atomic E-state index is 4.40. The lowest BCUT2D eigenvalue weighted by atomic mass is 9.62. The third-order valence-corrected chi connectivity index (χ3v) is 6.76. The molecule has 0 bridgehead atoms. The zero-order chi connectivity index (χ0) is 18.7. The highest BCUT2D eigenvalue weighted by molar-refractivity contribution is 4.96. The second-order valence-electron chi connectivity index (χ2n) is 9.60. The normalized spacial score (nSPS) is 24.5. The van der Waals surface area contributed by atoms with Crippen molar-refractivity contribution in [3.05, 3.63) is 24.3 Å². The van der Waals surface area contributed by atoms with Crippen LogP contribution in [0.1, 0.15) is 112 Å². The quantitative estimate of drug-likeness (QED) is 0.245. The maximum absolute atomic E-state index is 4.40. The summed E-state index contributed by atoms with van der Waals surface area (Å²) in [5.41, 5.74) is 2.05. The molecule has 0 saturated heterocycles. The summed E-state index contributed by atoms with van der Waals surface area (Å²) < 4.78 is 0. The monoisotopic (exact) mass is 346 g/mol. The smallest absolute Gasteiger partial charge is 0.0320 e. The van der Waals surface area contributed by atoms with Crippen LogP contribution < -0.4 is 0 Å². The highest BCUT2D eigenvalue weighted by atomic mass is 14.4. The predicted molar refractivity (Wildman–Crippen MR) is 115 cm³/mol. The van der Waals surface area contributed by atoms with Crippen LogP contribution in [0.4, 0.5) is 0 Å². The van der Waals surface area contributed by atoms with E-state index in [1.165, 1.54) is 82.6 Å². The van der Waals surface area contributed by atoms with Crippen LogP contribution in [-0.2, 0) is 0 Å². The first-order chi connectivity index (χ1) is 11.9. The largest absolute Gasteiger partial charge is 0.0999 e. The second kappa shape index (κ2) is 12.0. The third kappa shape index (κ3) is 9.11. The van der Waals surface area contributed by atoms with Crippen LogP contribution in [-0.4, -0.2) is 0 Å². The number of allylic oxidation sites excluding steroid dienone is 3. The van der Waals surface area contributed by atoms with Gasteiger partial charge in [-0.25, -0.2) is 0 Å². The van der Waals surface area contributed by atoms with Gasteiger partial charge in [-0.2, -0.15) is 0 Å². The third-order valence-electron chi connectivity index (χ3n) is 6.76. The molecule has 0 heteroatoms.